The summed E-state index contributed by atoms with van der Waals surface area (Å²) in [5.41, 5.74) is 2.51. The van der Waals surface area contributed by atoms with Gasteiger partial charge in [-0.2, -0.15) is 0 Å². The number of aliphatic imine (C=N–C) groups is 1. The molecule has 1 aromatic carbocycles. The number of hydrogen-bond acceptors (Lipinski definition) is 3. The molecular weight excluding hydrogens is 300 g/mol. The molecule has 1 aliphatic heterocycles. The Morgan fingerprint density at radius 2 is 2.08 bits per heavy atom. The molecule has 0 saturated heterocycles. The molecule has 1 aromatic heterocycles. The molecule has 128 valence electrons. The van der Waals surface area contributed by atoms with Crippen LogP contribution in [0.3, 0.4) is 0 Å². The van der Waals surface area contributed by atoms with E-state index in [1.54, 1.807) is 0 Å². The lowest BCUT2D eigenvalue weighted by molar-refractivity contribution is 0.504. The van der Waals surface area contributed by atoms with E-state index in [0.29, 0.717) is 13.1 Å². The lowest BCUT2D eigenvalue weighted by Gasteiger charge is -2.16. The summed E-state index contributed by atoms with van der Waals surface area (Å²) >= 11 is 0. The van der Waals surface area contributed by atoms with Gasteiger partial charge in [0, 0.05) is 19.5 Å². The van der Waals surface area contributed by atoms with Crippen molar-refractivity contribution in [1.29, 1.82) is 0 Å². The first kappa shape index (κ1) is 16.5. The first-order valence-electron chi connectivity index (χ1n) is 8.75. The number of nitrogens with one attached hydrogen (secondary N) is 2. The second kappa shape index (κ2) is 7.95. The van der Waals surface area contributed by atoms with Crippen LogP contribution in [0.5, 0.6) is 0 Å². The summed E-state index contributed by atoms with van der Waals surface area (Å²) in [6.07, 6.45) is 3.46. The van der Waals surface area contributed by atoms with Gasteiger partial charge >= 0.3 is 0 Å². The van der Waals surface area contributed by atoms with Crippen LogP contribution in [0, 0.1) is 6.92 Å². The van der Waals surface area contributed by atoms with E-state index in [1.807, 2.05) is 0 Å². The number of nitrogens with zero attached hydrogens (tertiary/aromatic N) is 4. The van der Waals surface area contributed by atoms with Crippen molar-refractivity contribution >= 4 is 5.96 Å². The number of hydrogen-bond donors (Lipinski definition) is 2. The van der Waals surface area contributed by atoms with Crippen molar-refractivity contribution in [2.75, 3.05) is 6.54 Å². The van der Waals surface area contributed by atoms with Crippen molar-refractivity contribution in [3.63, 3.8) is 0 Å². The minimum Gasteiger partial charge on any atom is -0.357 e. The molecule has 2 N–H and O–H groups in total. The Hall–Kier alpha value is -2.37. The molecule has 0 spiro atoms. The third kappa shape index (κ3) is 3.93. The molecule has 3 rings (SSSR count). The van der Waals surface area contributed by atoms with Crippen molar-refractivity contribution in [1.82, 2.24) is 25.4 Å². The van der Waals surface area contributed by atoms with Gasteiger partial charge in [0.2, 0.25) is 0 Å². The molecule has 0 bridgehead atoms. The second-order valence-corrected chi connectivity index (χ2v) is 6.12. The predicted octanol–water partition coefficient (Wildman–Crippen LogP) is 2.18. The average Bonchev–Trinajstić information content (AvgIpc) is 3.02. The number of aromatic nitrogens is 3. The zero-order valence-electron chi connectivity index (χ0n) is 14.5. The van der Waals surface area contributed by atoms with Crippen LogP contribution in [-0.4, -0.2) is 27.3 Å². The minimum absolute atomic E-state index is 0.645. The van der Waals surface area contributed by atoms with Gasteiger partial charge in [0.15, 0.2) is 11.8 Å². The number of rotatable bonds is 5. The van der Waals surface area contributed by atoms with Gasteiger partial charge in [0.25, 0.3) is 0 Å². The van der Waals surface area contributed by atoms with E-state index in [2.05, 4.69) is 63.5 Å². The largest absolute Gasteiger partial charge is 0.357 e. The number of fused-ring (bicyclic) bond motifs is 1. The zero-order chi connectivity index (χ0) is 16.8. The second-order valence-electron chi connectivity index (χ2n) is 6.12. The highest BCUT2D eigenvalue weighted by atomic mass is 15.3. The van der Waals surface area contributed by atoms with Gasteiger partial charge < -0.3 is 15.2 Å². The number of guanidine groups is 1. The van der Waals surface area contributed by atoms with Crippen molar-refractivity contribution in [2.24, 2.45) is 4.99 Å². The van der Waals surface area contributed by atoms with Gasteiger partial charge in [-0.25, -0.2) is 4.99 Å². The number of aryl methyl sites for hydroxylation is 2. The van der Waals surface area contributed by atoms with Gasteiger partial charge in [-0.05, 0) is 37.8 Å². The van der Waals surface area contributed by atoms with Crippen molar-refractivity contribution < 1.29 is 0 Å². The smallest absolute Gasteiger partial charge is 0.191 e. The number of benzene rings is 1. The summed E-state index contributed by atoms with van der Waals surface area (Å²) in [4.78, 5) is 4.69. The molecule has 0 radical (unpaired) electrons. The SMILES string of the molecule is CCNC(=NCc1ccccc1C)NCc1nnc2n1CCCC2. The van der Waals surface area contributed by atoms with Gasteiger partial charge in [-0.1, -0.05) is 24.3 Å². The van der Waals surface area contributed by atoms with Crippen LogP contribution < -0.4 is 10.6 Å². The highest BCUT2D eigenvalue weighted by Crippen LogP contribution is 2.14. The maximum absolute atomic E-state index is 4.69. The Labute approximate surface area is 143 Å². The molecule has 24 heavy (non-hydrogen) atoms. The molecule has 0 fully saturated rings. The van der Waals surface area contributed by atoms with E-state index in [-0.39, 0.29) is 0 Å². The monoisotopic (exact) mass is 326 g/mol. The Kier molecular flexibility index (Phi) is 5.46. The Balaban J connectivity index is 1.64. The molecule has 6 heteroatoms. The molecular formula is C18H26N6. The zero-order valence-corrected chi connectivity index (χ0v) is 14.5. The van der Waals surface area contributed by atoms with Crippen molar-refractivity contribution in [3.05, 3.63) is 47.0 Å². The minimum atomic E-state index is 0.645. The summed E-state index contributed by atoms with van der Waals surface area (Å²) in [5, 5.41) is 15.3. The summed E-state index contributed by atoms with van der Waals surface area (Å²) in [6.45, 7) is 7.36. The van der Waals surface area contributed by atoms with Gasteiger partial charge in [-0.3, -0.25) is 0 Å². The fourth-order valence-electron chi connectivity index (χ4n) is 2.96. The van der Waals surface area contributed by atoms with Crippen LogP contribution in [0.25, 0.3) is 0 Å². The van der Waals surface area contributed by atoms with Crippen LogP contribution in [0.1, 0.15) is 42.5 Å². The standard InChI is InChI=1S/C18H26N6/c1-3-19-18(20-12-15-9-5-4-8-14(15)2)21-13-17-23-22-16-10-6-7-11-24(16)17/h4-5,8-9H,3,6-7,10-13H2,1-2H3,(H2,19,20,21). The summed E-state index contributed by atoms with van der Waals surface area (Å²) < 4.78 is 2.24. The molecule has 0 aliphatic carbocycles. The predicted molar refractivity (Wildman–Crippen MR) is 95.8 cm³/mol. The van der Waals surface area contributed by atoms with Gasteiger partial charge in [0.05, 0.1) is 13.1 Å². The van der Waals surface area contributed by atoms with E-state index in [0.717, 1.165) is 37.1 Å². The van der Waals surface area contributed by atoms with E-state index in [9.17, 15) is 0 Å². The average molecular weight is 326 g/mol. The van der Waals surface area contributed by atoms with E-state index < -0.39 is 0 Å². The van der Waals surface area contributed by atoms with E-state index >= 15 is 0 Å². The maximum Gasteiger partial charge on any atom is 0.191 e. The molecule has 0 atom stereocenters. The molecule has 6 nitrogen and oxygen atoms in total. The van der Waals surface area contributed by atoms with Crippen LogP contribution in [0.15, 0.2) is 29.3 Å². The molecule has 0 unspecified atom stereocenters. The Morgan fingerprint density at radius 1 is 1.21 bits per heavy atom. The lowest BCUT2D eigenvalue weighted by atomic mass is 10.1. The Bertz CT molecular complexity index is 703. The van der Waals surface area contributed by atoms with Crippen LogP contribution >= 0.6 is 0 Å². The fraction of sp³-hybridized carbons (Fsp3) is 0.500. The van der Waals surface area contributed by atoms with Crippen molar-refractivity contribution in [2.45, 2.75) is 52.7 Å². The topological polar surface area (TPSA) is 67.1 Å². The molecule has 0 saturated carbocycles. The highest BCUT2D eigenvalue weighted by Gasteiger charge is 2.15. The fourth-order valence-corrected chi connectivity index (χ4v) is 2.96. The van der Waals surface area contributed by atoms with Crippen LogP contribution in [0.4, 0.5) is 0 Å². The van der Waals surface area contributed by atoms with E-state index in [4.69, 9.17) is 4.99 Å². The molecule has 0 amide bonds. The molecule has 1 aliphatic rings. The Morgan fingerprint density at radius 3 is 2.92 bits per heavy atom. The third-order valence-corrected chi connectivity index (χ3v) is 4.36. The van der Waals surface area contributed by atoms with Gasteiger partial charge in [0.1, 0.15) is 5.82 Å². The van der Waals surface area contributed by atoms with Crippen LogP contribution in [0.2, 0.25) is 0 Å². The maximum atomic E-state index is 4.69. The quantitative estimate of drug-likeness (QED) is 0.653. The summed E-state index contributed by atoms with van der Waals surface area (Å²) in [6, 6.07) is 8.35. The first-order chi connectivity index (χ1) is 11.8. The summed E-state index contributed by atoms with van der Waals surface area (Å²) in [7, 11) is 0. The molecule has 2 aromatic rings. The van der Waals surface area contributed by atoms with Crippen LogP contribution in [-0.2, 0) is 26.1 Å². The van der Waals surface area contributed by atoms with E-state index in [1.165, 1.54) is 24.0 Å². The van der Waals surface area contributed by atoms with Gasteiger partial charge in [-0.15, -0.1) is 10.2 Å². The van der Waals surface area contributed by atoms with Crippen molar-refractivity contribution in [3.8, 4) is 0 Å². The normalized spacial score (nSPS) is 14.3. The first-order valence-corrected chi connectivity index (χ1v) is 8.75. The highest BCUT2D eigenvalue weighted by molar-refractivity contribution is 5.79. The third-order valence-electron chi connectivity index (χ3n) is 4.36. The molecule has 2 heterocycles. The summed E-state index contributed by atoms with van der Waals surface area (Å²) in [5.74, 6) is 2.92. The lowest BCUT2D eigenvalue weighted by Crippen LogP contribution is -2.37.